The van der Waals surface area contributed by atoms with Crippen LogP contribution in [0.5, 0.6) is 0 Å². The van der Waals surface area contributed by atoms with Crippen molar-refractivity contribution in [2.45, 2.75) is 18.8 Å². The highest BCUT2D eigenvalue weighted by Crippen LogP contribution is 2.41. The minimum atomic E-state index is -0.980. The third kappa shape index (κ3) is 3.39. The molecule has 1 N–H and O–H groups in total. The molecule has 1 aliphatic rings. The van der Waals surface area contributed by atoms with Crippen molar-refractivity contribution in [3.05, 3.63) is 70.8 Å². The Balaban J connectivity index is 1.41. The molecule has 0 spiro atoms. The first kappa shape index (κ1) is 18.6. The molecular formula is C21H13ClF2N4O2. The van der Waals surface area contributed by atoms with Crippen LogP contribution in [-0.4, -0.2) is 20.9 Å². The first-order valence-electron chi connectivity index (χ1n) is 9.17. The van der Waals surface area contributed by atoms with Gasteiger partial charge in [-0.05, 0) is 37.1 Å². The van der Waals surface area contributed by atoms with Crippen LogP contribution in [0.15, 0.2) is 47.1 Å². The van der Waals surface area contributed by atoms with Gasteiger partial charge in [0, 0.05) is 29.4 Å². The zero-order valence-corrected chi connectivity index (χ0v) is 16.1. The maximum absolute atomic E-state index is 13.7. The quantitative estimate of drug-likeness (QED) is 0.476. The van der Waals surface area contributed by atoms with Gasteiger partial charge in [0.25, 0.3) is 5.91 Å². The molecule has 150 valence electrons. The fourth-order valence-electron chi connectivity index (χ4n) is 3.10. The Morgan fingerprint density at radius 1 is 1.13 bits per heavy atom. The second kappa shape index (κ2) is 7.14. The lowest BCUT2D eigenvalue weighted by atomic mass is 10.1. The molecule has 0 bridgehead atoms. The van der Waals surface area contributed by atoms with Crippen LogP contribution in [0.1, 0.15) is 35.0 Å². The highest BCUT2D eigenvalue weighted by Gasteiger charge is 2.29. The second-order valence-electron chi connectivity index (χ2n) is 6.97. The molecule has 4 aromatic rings. The lowest BCUT2D eigenvalue weighted by Crippen LogP contribution is -2.17. The Hall–Kier alpha value is -3.39. The molecule has 30 heavy (non-hydrogen) atoms. The van der Waals surface area contributed by atoms with Gasteiger partial charge in [0.05, 0.1) is 5.02 Å². The van der Waals surface area contributed by atoms with Crippen LogP contribution in [0.3, 0.4) is 0 Å². The summed E-state index contributed by atoms with van der Waals surface area (Å²) in [5, 5.41) is 2.73. The van der Waals surface area contributed by atoms with Crippen LogP contribution < -0.4 is 5.32 Å². The molecule has 0 radical (unpaired) electrons. The Kier molecular flexibility index (Phi) is 4.43. The fourth-order valence-corrected chi connectivity index (χ4v) is 3.37. The van der Waals surface area contributed by atoms with Crippen LogP contribution in [-0.2, 0) is 0 Å². The van der Waals surface area contributed by atoms with E-state index in [1.54, 1.807) is 12.1 Å². The van der Waals surface area contributed by atoms with E-state index in [-0.39, 0.29) is 5.95 Å². The largest absolute Gasteiger partial charge is 0.440 e. The van der Waals surface area contributed by atoms with E-state index in [0.29, 0.717) is 39.1 Å². The van der Waals surface area contributed by atoms with E-state index < -0.39 is 23.1 Å². The van der Waals surface area contributed by atoms with Crippen LogP contribution in [0, 0.1) is 11.6 Å². The number of carbonyl (C=O) groups is 1. The molecule has 0 aliphatic heterocycles. The van der Waals surface area contributed by atoms with Gasteiger partial charge in [-0.2, -0.15) is 0 Å². The molecule has 2 aromatic heterocycles. The summed E-state index contributed by atoms with van der Waals surface area (Å²) in [6.07, 6.45) is 5.05. The summed E-state index contributed by atoms with van der Waals surface area (Å²) < 4.78 is 33.3. The van der Waals surface area contributed by atoms with Gasteiger partial charge in [-0.25, -0.2) is 23.7 Å². The summed E-state index contributed by atoms with van der Waals surface area (Å²) in [5.41, 5.74) is 1.82. The summed E-state index contributed by atoms with van der Waals surface area (Å²) in [6, 6.07) is 6.66. The molecule has 2 heterocycles. The highest BCUT2D eigenvalue weighted by atomic mass is 35.5. The van der Waals surface area contributed by atoms with E-state index in [1.807, 2.05) is 0 Å². The summed E-state index contributed by atoms with van der Waals surface area (Å²) in [5.74, 6) is -1.92. The van der Waals surface area contributed by atoms with Crippen molar-refractivity contribution in [1.82, 2.24) is 15.0 Å². The minimum Gasteiger partial charge on any atom is -0.440 e. The minimum absolute atomic E-state index is 0.0979. The molecule has 0 atom stereocenters. The molecule has 1 amide bonds. The number of rotatable bonds is 4. The van der Waals surface area contributed by atoms with Crippen LogP contribution in [0.2, 0.25) is 5.02 Å². The van der Waals surface area contributed by atoms with Crippen molar-refractivity contribution in [2.75, 3.05) is 5.32 Å². The topological polar surface area (TPSA) is 80.9 Å². The van der Waals surface area contributed by atoms with Crippen LogP contribution in [0.25, 0.3) is 22.2 Å². The van der Waals surface area contributed by atoms with E-state index in [0.717, 1.165) is 25.0 Å². The summed E-state index contributed by atoms with van der Waals surface area (Å²) in [7, 11) is 0. The number of hydrogen-bond donors (Lipinski definition) is 1. The molecule has 1 fully saturated rings. The number of aromatic nitrogens is 3. The lowest BCUT2D eigenvalue weighted by molar-refractivity contribution is 0.101. The number of carbonyl (C=O) groups excluding carboxylic acids is 1. The van der Waals surface area contributed by atoms with Gasteiger partial charge >= 0.3 is 0 Å². The Morgan fingerprint density at radius 2 is 1.83 bits per heavy atom. The van der Waals surface area contributed by atoms with Crippen molar-refractivity contribution >= 4 is 34.6 Å². The van der Waals surface area contributed by atoms with Crippen molar-refractivity contribution in [1.29, 1.82) is 0 Å². The predicted molar refractivity (Wildman–Crippen MR) is 106 cm³/mol. The highest BCUT2D eigenvalue weighted by molar-refractivity contribution is 6.34. The van der Waals surface area contributed by atoms with Crippen molar-refractivity contribution < 1.29 is 18.0 Å². The molecule has 6 nitrogen and oxygen atoms in total. The first-order chi connectivity index (χ1) is 14.5. The van der Waals surface area contributed by atoms with Crippen LogP contribution in [0.4, 0.5) is 14.7 Å². The molecule has 0 unspecified atom stereocenters. The number of hydrogen-bond acceptors (Lipinski definition) is 5. The average molecular weight is 427 g/mol. The van der Waals surface area contributed by atoms with Gasteiger partial charge in [-0.15, -0.1) is 0 Å². The number of benzene rings is 2. The maximum Gasteiger partial charge on any atom is 0.263 e. The third-order valence-electron chi connectivity index (χ3n) is 4.80. The number of anilines is 1. The third-order valence-corrected chi connectivity index (χ3v) is 5.11. The standard InChI is InChI=1S/C21H13ClF2N4O2/c22-13-7-16-17(30-20(27-16)10-4-5-10)6-12(13)11-8-25-21(26-9-11)28-19(29)18-14(23)2-1-3-15(18)24/h1-3,6-10H,4-5H2,(H,25,26,28,29). The summed E-state index contributed by atoms with van der Waals surface area (Å²) in [6.45, 7) is 0. The van der Waals surface area contributed by atoms with Crippen molar-refractivity contribution in [3.8, 4) is 11.1 Å². The van der Waals surface area contributed by atoms with Crippen molar-refractivity contribution in [3.63, 3.8) is 0 Å². The smallest absolute Gasteiger partial charge is 0.263 e. The first-order valence-corrected chi connectivity index (χ1v) is 9.55. The molecule has 1 aliphatic carbocycles. The van der Waals surface area contributed by atoms with Gasteiger partial charge in [0.15, 0.2) is 11.5 Å². The zero-order valence-electron chi connectivity index (χ0n) is 15.3. The number of halogens is 3. The van der Waals surface area contributed by atoms with Gasteiger partial charge < -0.3 is 4.42 Å². The Morgan fingerprint density at radius 3 is 2.50 bits per heavy atom. The van der Waals surface area contributed by atoms with E-state index >= 15 is 0 Å². The van der Waals surface area contributed by atoms with E-state index in [1.165, 1.54) is 18.5 Å². The van der Waals surface area contributed by atoms with Crippen molar-refractivity contribution in [2.24, 2.45) is 0 Å². The Bertz CT molecular complexity index is 1270. The van der Waals surface area contributed by atoms with Crippen LogP contribution >= 0.6 is 11.6 Å². The predicted octanol–water partition coefficient (Wildman–Crippen LogP) is 5.35. The molecule has 5 rings (SSSR count). The lowest BCUT2D eigenvalue weighted by Gasteiger charge is -2.07. The SMILES string of the molecule is O=C(Nc1ncc(-c2cc3oc(C4CC4)nc3cc2Cl)cn1)c1c(F)cccc1F. The van der Waals surface area contributed by atoms with E-state index in [2.05, 4.69) is 20.3 Å². The molecular weight excluding hydrogens is 414 g/mol. The number of nitrogens with zero attached hydrogens (tertiary/aromatic N) is 3. The monoisotopic (exact) mass is 426 g/mol. The molecule has 9 heteroatoms. The average Bonchev–Trinajstić information content (AvgIpc) is 3.48. The van der Waals surface area contributed by atoms with Gasteiger partial charge in [0.2, 0.25) is 5.95 Å². The van der Waals surface area contributed by atoms with Gasteiger partial charge in [-0.1, -0.05) is 17.7 Å². The molecule has 0 saturated heterocycles. The molecule has 2 aromatic carbocycles. The fraction of sp³-hybridized carbons (Fsp3) is 0.143. The number of nitrogens with one attached hydrogen (secondary N) is 1. The zero-order chi connectivity index (χ0) is 20.8. The summed E-state index contributed by atoms with van der Waals surface area (Å²) in [4.78, 5) is 24.7. The maximum atomic E-state index is 13.7. The van der Waals surface area contributed by atoms with Gasteiger partial charge in [0.1, 0.15) is 22.7 Å². The van der Waals surface area contributed by atoms with E-state index in [9.17, 15) is 13.6 Å². The second-order valence-corrected chi connectivity index (χ2v) is 7.38. The number of fused-ring (bicyclic) bond motifs is 1. The molecule has 1 saturated carbocycles. The van der Waals surface area contributed by atoms with E-state index in [4.69, 9.17) is 16.0 Å². The Labute approximate surface area is 173 Å². The van der Waals surface area contributed by atoms with Gasteiger partial charge in [-0.3, -0.25) is 10.1 Å². The number of amides is 1. The normalized spacial score (nSPS) is 13.6. The summed E-state index contributed by atoms with van der Waals surface area (Å²) >= 11 is 6.39. The number of oxazole rings is 1.